The fourth-order valence-electron chi connectivity index (χ4n) is 1.87. The molecule has 1 heterocycles. The molecule has 0 amide bonds. The largest absolute Gasteiger partial charge is 0.435 e. The number of rotatable bonds is 4. The molecule has 0 spiro atoms. The van der Waals surface area contributed by atoms with Crippen LogP contribution in [0, 0.1) is 0 Å². The van der Waals surface area contributed by atoms with Crippen molar-refractivity contribution in [2.24, 2.45) is 0 Å². The van der Waals surface area contributed by atoms with Crippen LogP contribution in [0.25, 0.3) is 22.8 Å². The van der Waals surface area contributed by atoms with Crippen LogP contribution in [0.15, 0.2) is 53.1 Å². The van der Waals surface area contributed by atoms with Crippen molar-refractivity contribution in [2.45, 2.75) is 6.61 Å². The second-order valence-electron chi connectivity index (χ2n) is 4.31. The zero-order valence-corrected chi connectivity index (χ0v) is 11.8. The van der Waals surface area contributed by atoms with Crippen LogP contribution in [0.3, 0.4) is 0 Å². The van der Waals surface area contributed by atoms with Crippen LogP contribution < -0.4 is 4.74 Å². The number of alkyl halides is 2. The third-order valence-electron chi connectivity index (χ3n) is 2.87. The van der Waals surface area contributed by atoms with Gasteiger partial charge in [0.1, 0.15) is 5.75 Å². The Morgan fingerprint density at radius 1 is 1.05 bits per heavy atom. The van der Waals surface area contributed by atoms with Crippen molar-refractivity contribution < 1.29 is 18.0 Å². The number of hydrogen-bond acceptors (Lipinski definition) is 4. The first-order valence-corrected chi connectivity index (χ1v) is 6.65. The molecule has 4 nitrogen and oxygen atoms in total. The van der Waals surface area contributed by atoms with Crippen LogP contribution in [0.2, 0.25) is 5.02 Å². The van der Waals surface area contributed by atoms with E-state index >= 15 is 0 Å². The van der Waals surface area contributed by atoms with Gasteiger partial charge in [0.2, 0.25) is 5.82 Å². The predicted molar refractivity (Wildman–Crippen MR) is 76.8 cm³/mol. The summed E-state index contributed by atoms with van der Waals surface area (Å²) in [6.07, 6.45) is 0. The highest BCUT2D eigenvalue weighted by Crippen LogP contribution is 2.28. The quantitative estimate of drug-likeness (QED) is 0.701. The third kappa shape index (κ3) is 3.07. The molecule has 3 aromatic rings. The molecule has 0 atom stereocenters. The van der Waals surface area contributed by atoms with Gasteiger partial charge in [0.25, 0.3) is 5.89 Å². The van der Waals surface area contributed by atoms with Crippen molar-refractivity contribution in [1.82, 2.24) is 10.1 Å². The lowest BCUT2D eigenvalue weighted by Gasteiger charge is -2.03. The monoisotopic (exact) mass is 322 g/mol. The molecule has 0 aliphatic carbocycles. The maximum atomic E-state index is 12.1. The Balaban J connectivity index is 1.86. The van der Waals surface area contributed by atoms with E-state index in [-0.39, 0.29) is 11.6 Å². The van der Waals surface area contributed by atoms with E-state index in [0.29, 0.717) is 22.0 Å². The van der Waals surface area contributed by atoms with Gasteiger partial charge in [-0.15, -0.1) is 0 Å². The van der Waals surface area contributed by atoms with Crippen molar-refractivity contribution in [3.63, 3.8) is 0 Å². The van der Waals surface area contributed by atoms with Gasteiger partial charge in [0, 0.05) is 11.1 Å². The number of nitrogens with zero attached hydrogens (tertiary/aromatic N) is 2. The highest BCUT2D eigenvalue weighted by molar-refractivity contribution is 6.33. The van der Waals surface area contributed by atoms with Crippen molar-refractivity contribution in [2.75, 3.05) is 0 Å². The van der Waals surface area contributed by atoms with Gasteiger partial charge in [0.15, 0.2) is 0 Å². The van der Waals surface area contributed by atoms with Crippen LogP contribution in [0.4, 0.5) is 8.78 Å². The molecule has 7 heteroatoms. The summed E-state index contributed by atoms with van der Waals surface area (Å²) in [4.78, 5) is 4.25. The molecule has 0 N–H and O–H groups in total. The lowest BCUT2D eigenvalue weighted by molar-refractivity contribution is -0.0498. The van der Waals surface area contributed by atoms with Crippen LogP contribution in [0.1, 0.15) is 0 Å². The first-order chi connectivity index (χ1) is 10.6. The molecule has 0 saturated heterocycles. The van der Waals surface area contributed by atoms with Gasteiger partial charge in [-0.25, -0.2) is 0 Å². The molecule has 0 bridgehead atoms. The average Bonchev–Trinajstić information content (AvgIpc) is 2.97. The summed E-state index contributed by atoms with van der Waals surface area (Å²) in [5.41, 5.74) is 1.24. The third-order valence-corrected chi connectivity index (χ3v) is 3.20. The second-order valence-corrected chi connectivity index (χ2v) is 4.71. The highest BCUT2D eigenvalue weighted by atomic mass is 35.5. The maximum absolute atomic E-state index is 12.1. The van der Waals surface area contributed by atoms with E-state index in [2.05, 4.69) is 14.9 Å². The van der Waals surface area contributed by atoms with Crippen molar-refractivity contribution >= 4 is 11.6 Å². The van der Waals surface area contributed by atoms with E-state index in [0.717, 1.165) is 0 Å². The Morgan fingerprint density at radius 2 is 1.77 bits per heavy atom. The number of hydrogen-bond donors (Lipinski definition) is 0. The average molecular weight is 323 g/mol. The predicted octanol–water partition coefficient (Wildman–Crippen LogP) is 4.66. The molecular formula is C15H9ClF2N2O2. The van der Waals surface area contributed by atoms with Crippen molar-refractivity contribution in [3.05, 3.63) is 53.6 Å². The Kier molecular flexibility index (Phi) is 4.02. The van der Waals surface area contributed by atoms with Crippen molar-refractivity contribution in [3.8, 4) is 28.6 Å². The minimum atomic E-state index is -2.86. The molecular weight excluding hydrogens is 314 g/mol. The summed E-state index contributed by atoms with van der Waals surface area (Å²) >= 11 is 6.07. The van der Waals surface area contributed by atoms with E-state index in [1.54, 1.807) is 30.3 Å². The topological polar surface area (TPSA) is 48.2 Å². The van der Waals surface area contributed by atoms with Gasteiger partial charge in [0.05, 0.1) is 5.02 Å². The normalized spacial score (nSPS) is 10.9. The minimum Gasteiger partial charge on any atom is -0.435 e. The summed E-state index contributed by atoms with van der Waals surface area (Å²) in [6.45, 7) is -2.86. The molecule has 0 unspecified atom stereocenters. The van der Waals surface area contributed by atoms with Crippen molar-refractivity contribution in [1.29, 1.82) is 0 Å². The number of ether oxygens (including phenoxy) is 1. The lowest BCUT2D eigenvalue weighted by atomic mass is 10.2. The molecule has 0 radical (unpaired) electrons. The standard InChI is InChI=1S/C15H9ClF2N2O2/c16-12-4-2-1-3-11(12)13-19-14(22-20-13)9-5-7-10(8-6-9)21-15(17)18/h1-8,15H. The van der Waals surface area contributed by atoms with Gasteiger partial charge in [-0.05, 0) is 36.4 Å². The Bertz CT molecular complexity index is 775. The van der Waals surface area contributed by atoms with Gasteiger partial charge in [-0.3, -0.25) is 0 Å². The minimum absolute atomic E-state index is 0.0598. The molecule has 0 saturated carbocycles. The summed E-state index contributed by atoms with van der Waals surface area (Å²) in [5.74, 6) is 0.677. The Labute approximate surface area is 129 Å². The lowest BCUT2D eigenvalue weighted by Crippen LogP contribution is -2.01. The summed E-state index contributed by atoms with van der Waals surface area (Å²) in [6, 6.07) is 13.0. The molecule has 22 heavy (non-hydrogen) atoms. The molecule has 0 aliphatic heterocycles. The second kappa shape index (κ2) is 6.11. The van der Waals surface area contributed by atoms with E-state index in [1.165, 1.54) is 12.1 Å². The highest BCUT2D eigenvalue weighted by Gasteiger charge is 2.13. The number of benzene rings is 2. The van der Waals surface area contributed by atoms with Gasteiger partial charge in [-0.2, -0.15) is 13.8 Å². The molecule has 0 fully saturated rings. The smallest absolute Gasteiger partial charge is 0.387 e. The summed E-state index contributed by atoms with van der Waals surface area (Å²) < 4.78 is 33.6. The number of aromatic nitrogens is 2. The van der Waals surface area contributed by atoms with Gasteiger partial charge >= 0.3 is 6.61 Å². The van der Waals surface area contributed by atoms with Crippen LogP contribution in [-0.4, -0.2) is 16.8 Å². The fraction of sp³-hybridized carbons (Fsp3) is 0.0667. The molecule has 3 rings (SSSR count). The van der Waals surface area contributed by atoms with E-state index in [9.17, 15) is 8.78 Å². The zero-order chi connectivity index (χ0) is 15.5. The fourth-order valence-corrected chi connectivity index (χ4v) is 2.09. The Hall–Kier alpha value is -2.47. The first kappa shape index (κ1) is 14.5. The SMILES string of the molecule is FC(F)Oc1ccc(-c2nc(-c3ccccc3Cl)no2)cc1. The van der Waals surface area contributed by atoms with Crippen LogP contribution in [0.5, 0.6) is 5.75 Å². The van der Waals surface area contributed by atoms with Gasteiger partial charge < -0.3 is 9.26 Å². The number of halogens is 3. The molecule has 1 aromatic heterocycles. The molecule has 2 aromatic carbocycles. The zero-order valence-electron chi connectivity index (χ0n) is 11.0. The maximum Gasteiger partial charge on any atom is 0.387 e. The molecule has 0 aliphatic rings. The van der Waals surface area contributed by atoms with E-state index in [4.69, 9.17) is 16.1 Å². The van der Waals surface area contributed by atoms with Crippen LogP contribution in [-0.2, 0) is 0 Å². The van der Waals surface area contributed by atoms with Gasteiger partial charge in [-0.1, -0.05) is 28.9 Å². The van der Waals surface area contributed by atoms with Crippen LogP contribution >= 0.6 is 11.6 Å². The van der Waals surface area contributed by atoms with E-state index in [1.807, 2.05) is 6.07 Å². The van der Waals surface area contributed by atoms with E-state index < -0.39 is 6.61 Å². The summed E-state index contributed by atoms with van der Waals surface area (Å²) in [7, 11) is 0. The Morgan fingerprint density at radius 3 is 2.45 bits per heavy atom. The summed E-state index contributed by atoms with van der Waals surface area (Å²) in [5, 5.41) is 4.38. The molecule has 112 valence electrons. The first-order valence-electron chi connectivity index (χ1n) is 6.27.